The van der Waals surface area contributed by atoms with Crippen molar-refractivity contribution in [2.24, 2.45) is 0 Å². The molecule has 0 spiro atoms. The van der Waals surface area contributed by atoms with Gasteiger partial charge in [0, 0.05) is 19.2 Å². The van der Waals surface area contributed by atoms with Crippen molar-refractivity contribution in [1.29, 1.82) is 0 Å². The fraction of sp³-hybridized carbons (Fsp3) is 0.500. The summed E-state index contributed by atoms with van der Waals surface area (Å²) in [5.74, 6) is 0. The van der Waals surface area contributed by atoms with E-state index in [4.69, 9.17) is 4.74 Å². The third kappa shape index (κ3) is 5.03. The van der Waals surface area contributed by atoms with Crippen molar-refractivity contribution >= 4 is 0 Å². The second kappa shape index (κ2) is 7.34. The lowest BCUT2D eigenvalue weighted by Gasteiger charge is -2.06. The standard InChI is InChI=1S/C16H23NO/c1-2-3-4-11-18-13-15-7-5-14(6-8-15)12-17-16-9-10-16/h2,5-8,16-17H,1,3-4,9-13H2. The number of ether oxygens (including phenoxy) is 1. The molecule has 0 amide bonds. The van der Waals surface area contributed by atoms with Gasteiger partial charge >= 0.3 is 0 Å². The topological polar surface area (TPSA) is 21.3 Å². The molecule has 0 heterocycles. The van der Waals surface area contributed by atoms with Gasteiger partial charge in [-0.3, -0.25) is 0 Å². The second-order valence-corrected chi connectivity index (χ2v) is 4.96. The molecule has 1 N–H and O–H groups in total. The lowest BCUT2D eigenvalue weighted by atomic mass is 10.1. The first kappa shape index (κ1) is 13.3. The molecule has 1 fully saturated rings. The Morgan fingerprint density at radius 1 is 1.22 bits per heavy atom. The number of hydrogen-bond acceptors (Lipinski definition) is 2. The Bertz CT molecular complexity index is 354. The van der Waals surface area contributed by atoms with Crippen LogP contribution in [-0.4, -0.2) is 12.6 Å². The molecule has 1 aliphatic rings. The van der Waals surface area contributed by atoms with Crippen LogP contribution in [0, 0.1) is 0 Å². The SMILES string of the molecule is C=CCCCOCc1ccc(CNC2CC2)cc1. The largest absolute Gasteiger partial charge is 0.377 e. The monoisotopic (exact) mass is 245 g/mol. The van der Waals surface area contributed by atoms with Crippen molar-refractivity contribution < 1.29 is 4.74 Å². The summed E-state index contributed by atoms with van der Waals surface area (Å²) in [5.41, 5.74) is 2.61. The molecule has 0 bridgehead atoms. The van der Waals surface area contributed by atoms with Gasteiger partial charge in [0.25, 0.3) is 0 Å². The summed E-state index contributed by atoms with van der Waals surface area (Å²) in [4.78, 5) is 0. The average molecular weight is 245 g/mol. The molecule has 98 valence electrons. The van der Waals surface area contributed by atoms with Crippen molar-refractivity contribution in [1.82, 2.24) is 5.32 Å². The molecule has 0 aromatic heterocycles. The van der Waals surface area contributed by atoms with E-state index in [-0.39, 0.29) is 0 Å². The smallest absolute Gasteiger partial charge is 0.0716 e. The maximum Gasteiger partial charge on any atom is 0.0716 e. The summed E-state index contributed by atoms with van der Waals surface area (Å²) in [6.07, 6.45) is 6.72. The van der Waals surface area contributed by atoms with Gasteiger partial charge in [-0.15, -0.1) is 6.58 Å². The van der Waals surface area contributed by atoms with Gasteiger partial charge in [-0.2, -0.15) is 0 Å². The Labute approximate surface area is 110 Å². The molecule has 18 heavy (non-hydrogen) atoms. The molecular weight excluding hydrogens is 222 g/mol. The van der Waals surface area contributed by atoms with Crippen LogP contribution < -0.4 is 5.32 Å². The third-order valence-corrected chi connectivity index (χ3v) is 3.16. The highest BCUT2D eigenvalue weighted by atomic mass is 16.5. The van der Waals surface area contributed by atoms with Gasteiger partial charge in [0.2, 0.25) is 0 Å². The van der Waals surface area contributed by atoms with Gasteiger partial charge in [-0.25, -0.2) is 0 Å². The van der Waals surface area contributed by atoms with Gasteiger partial charge < -0.3 is 10.1 Å². The van der Waals surface area contributed by atoms with E-state index in [1.54, 1.807) is 0 Å². The molecule has 0 saturated heterocycles. The number of allylic oxidation sites excluding steroid dienone is 1. The third-order valence-electron chi connectivity index (χ3n) is 3.16. The quantitative estimate of drug-likeness (QED) is 0.531. The lowest BCUT2D eigenvalue weighted by Crippen LogP contribution is -2.15. The Kier molecular flexibility index (Phi) is 5.43. The van der Waals surface area contributed by atoms with E-state index in [1.807, 2.05) is 6.08 Å². The van der Waals surface area contributed by atoms with E-state index in [9.17, 15) is 0 Å². The molecule has 1 saturated carbocycles. The van der Waals surface area contributed by atoms with E-state index in [0.29, 0.717) is 6.61 Å². The first-order valence-corrected chi connectivity index (χ1v) is 6.88. The predicted octanol–water partition coefficient (Wildman–Crippen LogP) is 3.42. The summed E-state index contributed by atoms with van der Waals surface area (Å²) < 4.78 is 5.61. The van der Waals surface area contributed by atoms with Crippen molar-refractivity contribution in [3.63, 3.8) is 0 Å². The highest BCUT2D eigenvalue weighted by Gasteiger charge is 2.19. The van der Waals surface area contributed by atoms with Crippen LogP contribution in [0.1, 0.15) is 36.8 Å². The number of unbranched alkanes of at least 4 members (excludes halogenated alkanes) is 1. The molecule has 0 unspecified atom stereocenters. The normalized spacial score (nSPS) is 14.7. The number of nitrogens with one attached hydrogen (secondary N) is 1. The van der Waals surface area contributed by atoms with Crippen LogP contribution in [0.3, 0.4) is 0 Å². The number of benzene rings is 1. The summed E-state index contributed by atoms with van der Waals surface area (Å²) in [6, 6.07) is 9.49. The highest BCUT2D eigenvalue weighted by molar-refractivity contribution is 5.22. The van der Waals surface area contributed by atoms with Crippen molar-refractivity contribution in [3.8, 4) is 0 Å². The fourth-order valence-electron chi connectivity index (χ4n) is 1.82. The predicted molar refractivity (Wildman–Crippen MR) is 75.4 cm³/mol. The maximum atomic E-state index is 5.61. The average Bonchev–Trinajstić information content (AvgIpc) is 3.22. The second-order valence-electron chi connectivity index (χ2n) is 4.96. The Hall–Kier alpha value is -1.12. The fourth-order valence-corrected chi connectivity index (χ4v) is 1.82. The zero-order valence-electron chi connectivity index (χ0n) is 11.0. The van der Waals surface area contributed by atoms with E-state index >= 15 is 0 Å². The summed E-state index contributed by atoms with van der Waals surface area (Å²) in [6.45, 7) is 6.22. The van der Waals surface area contributed by atoms with Crippen LogP contribution in [0.2, 0.25) is 0 Å². The Morgan fingerprint density at radius 3 is 2.61 bits per heavy atom. The van der Waals surface area contributed by atoms with Crippen LogP contribution in [0.25, 0.3) is 0 Å². The molecule has 1 aromatic rings. The van der Waals surface area contributed by atoms with Gasteiger partial charge in [-0.05, 0) is 36.8 Å². The van der Waals surface area contributed by atoms with E-state index < -0.39 is 0 Å². The zero-order chi connectivity index (χ0) is 12.6. The van der Waals surface area contributed by atoms with Crippen LogP contribution in [0.5, 0.6) is 0 Å². The van der Waals surface area contributed by atoms with Crippen LogP contribution in [0.4, 0.5) is 0 Å². The Morgan fingerprint density at radius 2 is 1.94 bits per heavy atom. The van der Waals surface area contributed by atoms with Gasteiger partial charge in [0.05, 0.1) is 6.61 Å². The van der Waals surface area contributed by atoms with Crippen LogP contribution in [-0.2, 0) is 17.9 Å². The van der Waals surface area contributed by atoms with Gasteiger partial charge in [0.15, 0.2) is 0 Å². The molecule has 1 aliphatic carbocycles. The summed E-state index contributed by atoms with van der Waals surface area (Å²) in [5, 5.41) is 3.52. The van der Waals surface area contributed by atoms with Crippen molar-refractivity contribution in [2.45, 2.75) is 44.9 Å². The minimum atomic E-state index is 0.716. The van der Waals surface area contributed by atoms with Crippen LogP contribution in [0.15, 0.2) is 36.9 Å². The Balaban J connectivity index is 1.64. The number of rotatable bonds is 9. The molecule has 1 aromatic carbocycles. The van der Waals surface area contributed by atoms with Crippen molar-refractivity contribution in [2.75, 3.05) is 6.61 Å². The molecule has 2 heteroatoms. The molecule has 2 rings (SSSR count). The highest BCUT2D eigenvalue weighted by Crippen LogP contribution is 2.19. The van der Waals surface area contributed by atoms with Gasteiger partial charge in [0.1, 0.15) is 0 Å². The lowest BCUT2D eigenvalue weighted by molar-refractivity contribution is 0.119. The van der Waals surface area contributed by atoms with E-state index in [0.717, 1.165) is 32.0 Å². The first-order chi connectivity index (χ1) is 8.88. The van der Waals surface area contributed by atoms with Gasteiger partial charge in [-0.1, -0.05) is 30.3 Å². The first-order valence-electron chi connectivity index (χ1n) is 6.88. The minimum Gasteiger partial charge on any atom is -0.377 e. The molecule has 0 atom stereocenters. The summed E-state index contributed by atoms with van der Waals surface area (Å²) >= 11 is 0. The minimum absolute atomic E-state index is 0.716. The summed E-state index contributed by atoms with van der Waals surface area (Å²) in [7, 11) is 0. The molecule has 2 nitrogen and oxygen atoms in total. The molecule has 0 radical (unpaired) electrons. The van der Waals surface area contributed by atoms with Crippen molar-refractivity contribution in [3.05, 3.63) is 48.0 Å². The molecular formula is C16H23NO. The van der Waals surface area contributed by atoms with E-state index in [2.05, 4.69) is 36.2 Å². The molecule has 0 aliphatic heterocycles. The van der Waals surface area contributed by atoms with E-state index in [1.165, 1.54) is 24.0 Å². The van der Waals surface area contributed by atoms with Crippen LogP contribution >= 0.6 is 0 Å². The number of hydrogen-bond donors (Lipinski definition) is 1. The maximum absolute atomic E-state index is 5.61. The zero-order valence-corrected chi connectivity index (χ0v) is 11.0.